The first-order chi connectivity index (χ1) is 8.58. The van der Waals surface area contributed by atoms with Crippen molar-refractivity contribution in [3.63, 3.8) is 0 Å². The van der Waals surface area contributed by atoms with Crippen molar-refractivity contribution >= 4 is 17.5 Å². The summed E-state index contributed by atoms with van der Waals surface area (Å²) in [5.74, 6) is 1.49. The molecule has 0 aliphatic rings. The zero-order valence-electron chi connectivity index (χ0n) is 10.2. The van der Waals surface area contributed by atoms with Crippen molar-refractivity contribution in [2.45, 2.75) is 19.8 Å². The predicted molar refractivity (Wildman–Crippen MR) is 72.1 cm³/mol. The van der Waals surface area contributed by atoms with Gasteiger partial charge in [-0.1, -0.05) is 43.6 Å². The van der Waals surface area contributed by atoms with Gasteiger partial charge in [-0.15, -0.1) is 0 Å². The Morgan fingerprint density at radius 1 is 1.28 bits per heavy atom. The molecule has 1 aromatic carbocycles. The van der Waals surface area contributed by atoms with Crippen LogP contribution in [-0.4, -0.2) is 9.97 Å². The number of nitrogens with two attached hydrogens (primary N) is 1. The van der Waals surface area contributed by atoms with E-state index in [1.807, 2.05) is 24.3 Å². The molecule has 0 bridgehead atoms. The van der Waals surface area contributed by atoms with Crippen molar-refractivity contribution < 1.29 is 4.74 Å². The molecule has 94 valence electrons. The fourth-order valence-electron chi connectivity index (χ4n) is 1.59. The van der Waals surface area contributed by atoms with Crippen molar-refractivity contribution in [2.24, 2.45) is 0 Å². The van der Waals surface area contributed by atoms with Crippen LogP contribution < -0.4 is 10.5 Å². The minimum Gasteiger partial charge on any atom is -0.437 e. The SMILES string of the molecule is CC(C)c1ccccc1Oc1nc(N)ncc1Cl. The fraction of sp³-hybridized carbons (Fsp3) is 0.231. The number of rotatable bonds is 3. The second kappa shape index (κ2) is 5.23. The lowest BCUT2D eigenvalue weighted by atomic mass is 10.0. The number of hydrogen-bond acceptors (Lipinski definition) is 4. The molecule has 0 radical (unpaired) electrons. The highest BCUT2D eigenvalue weighted by atomic mass is 35.5. The molecule has 4 nitrogen and oxygen atoms in total. The Balaban J connectivity index is 2.37. The Kier molecular flexibility index (Phi) is 3.67. The van der Waals surface area contributed by atoms with Crippen LogP contribution >= 0.6 is 11.6 Å². The largest absolute Gasteiger partial charge is 0.437 e. The maximum absolute atomic E-state index is 5.97. The van der Waals surface area contributed by atoms with Crippen LogP contribution in [0.3, 0.4) is 0 Å². The molecular formula is C13H14ClN3O. The average Bonchev–Trinajstić information content (AvgIpc) is 2.34. The van der Waals surface area contributed by atoms with Gasteiger partial charge in [0.1, 0.15) is 10.8 Å². The molecule has 0 atom stereocenters. The van der Waals surface area contributed by atoms with Crippen LogP contribution in [0.4, 0.5) is 5.95 Å². The van der Waals surface area contributed by atoms with E-state index >= 15 is 0 Å². The van der Waals surface area contributed by atoms with Gasteiger partial charge >= 0.3 is 0 Å². The Hall–Kier alpha value is -1.81. The van der Waals surface area contributed by atoms with Gasteiger partial charge in [0.15, 0.2) is 0 Å². The molecule has 0 saturated heterocycles. The maximum Gasteiger partial charge on any atom is 0.243 e. The molecule has 0 spiro atoms. The van der Waals surface area contributed by atoms with E-state index in [0.717, 1.165) is 11.3 Å². The molecule has 18 heavy (non-hydrogen) atoms. The van der Waals surface area contributed by atoms with Gasteiger partial charge in [0.2, 0.25) is 11.8 Å². The number of nitrogens with zero attached hydrogens (tertiary/aromatic N) is 2. The Morgan fingerprint density at radius 2 is 2.00 bits per heavy atom. The second-order valence-corrected chi connectivity index (χ2v) is 4.58. The summed E-state index contributed by atoms with van der Waals surface area (Å²) in [6, 6.07) is 7.76. The number of ether oxygens (including phenoxy) is 1. The van der Waals surface area contributed by atoms with Crippen molar-refractivity contribution in [3.05, 3.63) is 41.0 Å². The Labute approximate surface area is 111 Å². The van der Waals surface area contributed by atoms with Crippen molar-refractivity contribution in [1.82, 2.24) is 9.97 Å². The van der Waals surface area contributed by atoms with Gasteiger partial charge < -0.3 is 10.5 Å². The summed E-state index contributed by atoms with van der Waals surface area (Å²) in [7, 11) is 0. The van der Waals surface area contributed by atoms with E-state index in [0.29, 0.717) is 10.9 Å². The maximum atomic E-state index is 5.97. The van der Waals surface area contributed by atoms with Gasteiger partial charge in [0.05, 0.1) is 6.20 Å². The van der Waals surface area contributed by atoms with E-state index < -0.39 is 0 Å². The highest BCUT2D eigenvalue weighted by Gasteiger charge is 2.11. The molecule has 0 aliphatic heterocycles. The zero-order valence-corrected chi connectivity index (χ0v) is 11.0. The lowest BCUT2D eigenvalue weighted by Crippen LogP contribution is -1.99. The summed E-state index contributed by atoms with van der Waals surface area (Å²) in [5.41, 5.74) is 6.61. The van der Waals surface area contributed by atoms with Crippen LogP contribution in [0.5, 0.6) is 11.6 Å². The molecule has 1 aromatic heterocycles. The van der Waals surface area contributed by atoms with Crippen LogP contribution in [0.2, 0.25) is 5.02 Å². The third-order valence-corrected chi connectivity index (χ3v) is 2.74. The molecule has 2 N–H and O–H groups in total. The van der Waals surface area contributed by atoms with Gasteiger partial charge in [0, 0.05) is 0 Å². The number of hydrogen-bond donors (Lipinski definition) is 1. The summed E-state index contributed by atoms with van der Waals surface area (Å²) in [6.07, 6.45) is 1.43. The molecule has 0 amide bonds. The van der Waals surface area contributed by atoms with Gasteiger partial charge in [-0.2, -0.15) is 4.98 Å². The van der Waals surface area contributed by atoms with Gasteiger partial charge in [-0.3, -0.25) is 0 Å². The average molecular weight is 264 g/mol. The summed E-state index contributed by atoms with van der Waals surface area (Å²) in [6.45, 7) is 4.19. The Morgan fingerprint density at radius 3 is 2.72 bits per heavy atom. The molecule has 1 heterocycles. The second-order valence-electron chi connectivity index (χ2n) is 4.18. The van der Waals surface area contributed by atoms with Crippen LogP contribution in [0.25, 0.3) is 0 Å². The standard InChI is InChI=1S/C13H14ClN3O/c1-8(2)9-5-3-4-6-11(9)18-12-10(14)7-16-13(15)17-12/h3-8H,1-2H3,(H2,15,16,17). The summed E-state index contributed by atoms with van der Waals surface area (Å²) in [4.78, 5) is 7.77. The summed E-state index contributed by atoms with van der Waals surface area (Å²) < 4.78 is 5.72. The fourth-order valence-corrected chi connectivity index (χ4v) is 1.72. The van der Waals surface area contributed by atoms with E-state index in [1.165, 1.54) is 6.20 Å². The lowest BCUT2D eigenvalue weighted by Gasteiger charge is -2.13. The highest BCUT2D eigenvalue weighted by Crippen LogP contribution is 2.32. The number of anilines is 1. The predicted octanol–water partition coefficient (Wildman–Crippen LogP) is 3.63. The van der Waals surface area contributed by atoms with Gasteiger partial charge in [0.25, 0.3) is 0 Å². The molecule has 2 rings (SSSR count). The third-order valence-electron chi connectivity index (χ3n) is 2.48. The topological polar surface area (TPSA) is 61.0 Å². The van der Waals surface area contributed by atoms with Crippen LogP contribution in [0.15, 0.2) is 30.5 Å². The van der Waals surface area contributed by atoms with Crippen molar-refractivity contribution in [3.8, 4) is 11.6 Å². The molecule has 2 aromatic rings. The number of para-hydroxylation sites is 1. The first-order valence-corrected chi connectivity index (χ1v) is 6.00. The number of halogens is 1. The monoisotopic (exact) mass is 263 g/mol. The number of benzene rings is 1. The van der Waals surface area contributed by atoms with E-state index in [1.54, 1.807) is 0 Å². The normalized spacial score (nSPS) is 10.7. The molecular weight excluding hydrogens is 250 g/mol. The van der Waals surface area contributed by atoms with Gasteiger partial charge in [-0.25, -0.2) is 4.98 Å². The zero-order chi connectivity index (χ0) is 13.1. The lowest BCUT2D eigenvalue weighted by molar-refractivity contribution is 0.454. The highest BCUT2D eigenvalue weighted by molar-refractivity contribution is 6.31. The van der Waals surface area contributed by atoms with Crippen molar-refractivity contribution in [2.75, 3.05) is 5.73 Å². The first-order valence-electron chi connectivity index (χ1n) is 5.62. The first kappa shape index (κ1) is 12.6. The summed E-state index contributed by atoms with van der Waals surface area (Å²) >= 11 is 5.97. The van der Waals surface area contributed by atoms with E-state index in [9.17, 15) is 0 Å². The molecule has 0 saturated carbocycles. The molecule has 0 unspecified atom stereocenters. The van der Waals surface area contributed by atoms with E-state index in [4.69, 9.17) is 22.1 Å². The quantitative estimate of drug-likeness (QED) is 0.919. The summed E-state index contributed by atoms with van der Waals surface area (Å²) in [5, 5.41) is 0.336. The van der Waals surface area contributed by atoms with Crippen LogP contribution in [0.1, 0.15) is 25.3 Å². The smallest absolute Gasteiger partial charge is 0.243 e. The molecule has 0 aliphatic carbocycles. The molecule has 5 heteroatoms. The minimum absolute atomic E-state index is 0.136. The van der Waals surface area contributed by atoms with E-state index in [2.05, 4.69) is 23.8 Å². The van der Waals surface area contributed by atoms with E-state index in [-0.39, 0.29) is 11.8 Å². The third kappa shape index (κ3) is 2.71. The van der Waals surface area contributed by atoms with Crippen molar-refractivity contribution in [1.29, 1.82) is 0 Å². The van der Waals surface area contributed by atoms with Crippen LogP contribution in [0, 0.1) is 0 Å². The van der Waals surface area contributed by atoms with Crippen LogP contribution in [-0.2, 0) is 0 Å². The molecule has 0 fully saturated rings. The number of nitrogen functional groups attached to an aromatic ring is 1. The minimum atomic E-state index is 0.136. The van der Waals surface area contributed by atoms with Gasteiger partial charge in [-0.05, 0) is 17.5 Å². The number of aromatic nitrogens is 2. The Bertz CT molecular complexity index is 558.